The molecule has 24 nitrogen and oxygen atoms in total. The van der Waals surface area contributed by atoms with Crippen molar-refractivity contribution in [2.24, 2.45) is 22.9 Å². The lowest BCUT2D eigenvalue weighted by Crippen LogP contribution is -2.33. The molecule has 1 saturated heterocycles. The Kier molecular flexibility index (Phi) is 27.9. The van der Waals surface area contributed by atoms with Gasteiger partial charge in [0.25, 0.3) is 0 Å². The van der Waals surface area contributed by atoms with E-state index in [-0.39, 0.29) is 32.2 Å². The summed E-state index contributed by atoms with van der Waals surface area (Å²) < 4.78 is 29.1. The molecule has 2 aromatic rings. The van der Waals surface area contributed by atoms with Gasteiger partial charge in [0, 0.05) is 26.2 Å². The summed E-state index contributed by atoms with van der Waals surface area (Å²) in [6, 6.07) is 0. The van der Waals surface area contributed by atoms with Crippen LogP contribution < -0.4 is 28.7 Å². The quantitative estimate of drug-likeness (QED) is 0.114. The predicted molar refractivity (Wildman–Crippen MR) is 152 cm³/mol. The van der Waals surface area contributed by atoms with Crippen LogP contribution in [0.4, 0.5) is 5.82 Å². The van der Waals surface area contributed by atoms with E-state index < -0.39 is 46.8 Å². The molecule has 21 N–H and O–H groups in total. The van der Waals surface area contributed by atoms with Gasteiger partial charge < -0.3 is 88.7 Å². The maximum absolute atomic E-state index is 9.95. The van der Waals surface area contributed by atoms with Crippen molar-refractivity contribution >= 4 is 32.6 Å². The van der Waals surface area contributed by atoms with Gasteiger partial charge in [-0.1, -0.05) is 0 Å². The Hall–Kier alpha value is -1.87. The Morgan fingerprint density at radius 1 is 0.773 bits per heavy atom. The van der Waals surface area contributed by atoms with Gasteiger partial charge in [-0.2, -0.15) is 4.31 Å². The zero-order valence-electron chi connectivity index (χ0n) is 23.5. The monoisotopic (exact) mass is 689 g/mol. The van der Waals surface area contributed by atoms with Gasteiger partial charge in [-0.25, -0.2) is 24.1 Å². The standard InChI is InChI=1S/C10H13N5O4.4C2H7NO.H4O7P2/c11-8-5-9(13-2-12-8)15(3-14-5)10-7(18)6(17)4(1-16)19-10;4*3-1-2-4;1-8(2,3)7-9(4,5)6/h2-4,6-7,10,16-18H,1H2,(H2,11,12,13);4*4H,1-3H2;(H2,1,2,3)(H2,4,5,6)/t4-,6-,7-,10-;;;;;/m1...../s1. The van der Waals surface area contributed by atoms with Crippen molar-refractivity contribution in [2.75, 3.05) is 64.9 Å². The predicted octanol–water partition coefficient (Wildman–Crippen LogP) is -7.04. The van der Waals surface area contributed by atoms with Gasteiger partial charge in [-0.3, -0.25) is 4.57 Å². The van der Waals surface area contributed by atoms with Crippen molar-refractivity contribution in [3.63, 3.8) is 0 Å². The number of anilines is 1. The molecule has 0 bridgehead atoms. The highest BCUT2D eigenvalue weighted by Gasteiger charge is 2.44. The number of aromatic nitrogens is 4. The number of fused-ring (bicyclic) bond motifs is 1. The number of ether oxygens (including phenoxy) is 1. The summed E-state index contributed by atoms with van der Waals surface area (Å²) in [4.78, 5) is 42.9. The Balaban J connectivity index is -0.000000561. The van der Waals surface area contributed by atoms with Crippen LogP contribution in [0.3, 0.4) is 0 Å². The number of phosphoric acid groups is 2. The summed E-state index contributed by atoms with van der Waals surface area (Å²) in [7, 11) is -10.1. The number of imidazole rings is 1. The second-order valence-corrected chi connectivity index (χ2v) is 10.0. The van der Waals surface area contributed by atoms with Gasteiger partial charge in [0.1, 0.15) is 30.2 Å². The van der Waals surface area contributed by atoms with Gasteiger partial charge in [0.15, 0.2) is 17.7 Å². The van der Waals surface area contributed by atoms with E-state index in [4.69, 9.17) is 78.5 Å². The third-order valence-electron chi connectivity index (χ3n) is 3.91. The molecule has 0 aromatic carbocycles. The van der Waals surface area contributed by atoms with Crippen LogP contribution in [0.5, 0.6) is 0 Å². The summed E-state index contributed by atoms with van der Waals surface area (Å²) >= 11 is 0. The van der Waals surface area contributed by atoms with E-state index in [2.05, 4.69) is 19.3 Å². The van der Waals surface area contributed by atoms with Crippen molar-refractivity contribution in [3.05, 3.63) is 12.7 Å². The van der Waals surface area contributed by atoms with Crippen molar-refractivity contribution in [1.29, 1.82) is 0 Å². The van der Waals surface area contributed by atoms with Crippen LogP contribution in [0.15, 0.2) is 12.7 Å². The molecular weight excluding hydrogens is 644 g/mol. The van der Waals surface area contributed by atoms with Gasteiger partial charge in [-0.05, 0) is 0 Å². The van der Waals surface area contributed by atoms with Gasteiger partial charge in [-0.15, -0.1) is 0 Å². The van der Waals surface area contributed by atoms with Crippen LogP contribution in [-0.4, -0.2) is 152 Å². The maximum Gasteiger partial charge on any atom is 0.478 e. The Morgan fingerprint density at radius 3 is 1.48 bits per heavy atom. The molecule has 0 unspecified atom stereocenters. The molecular formula is C18H45N9O15P2. The second-order valence-electron chi connectivity index (χ2n) is 7.42. The Labute approximate surface area is 251 Å². The number of nitrogen functional groups attached to an aromatic ring is 1. The smallest absolute Gasteiger partial charge is 0.395 e. The molecule has 262 valence electrons. The minimum absolute atomic E-state index is 0.0972. The van der Waals surface area contributed by atoms with E-state index in [1.54, 1.807) is 0 Å². The number of hydrogen-bond donors (Lipinski definition) is 16. The second kappa shape index (κ2) is 26.4. The molecule has 3 heterocycles. The Morgan fingerprint density at radius 2 is 1.18 bits per heavy atom. The molecule has 44 heavy (non-hydrogen) atoms. The number of hydrogen-bond acceptors (Lipinski definition) is 19. The lowest BCUT2D eigenvalue weighted by molar-refractivity contribution is -0.0511. The molecule has 0 radical (unpaired) electrons. The normalized spacial score (nSPS) is 19.0. The van der Waals surface area contributed by atoms with Crippen LogP contribution in [0.1, 0.15) is 6.23 Å². The summed E-state index contributed by atoms with van der Waals surface area (Å²) in [5.74, 6) is 0.218. The molecule has 0 aliphatic carbocycles. The molecule has 1 aliphatic rings. The summed E-state index contributed by atoms with van der Waals surface area (Å²) in [6.07, 6.45) is -1.42. The molecule has 26 heteroatoms. The minimum Gasteiger partial charge on any atom is -0.395 e. The van der Waals surface area contributed by atoms with E-state index in [0.29, 0.717) is 37.3 Å². The van der Waals surface area contributed by atoms with Gasteiger partial charge in [0.05, 0.1) is 39.4 Å². The Bertz CT molecular complexity index is 1020. The summed E-state index contributed by atoms with van der Waals surface area (Å²) in [5.41, 5.74) is 25.6. The zero-order valence-corrected chi connectivity index (χ0v) is 25.2. The van der Waals surface area contributed by atoms with Crippen LogP contribution in [-0.2, 0) is 18.2 Å². The van der Waals surface area contributed by atoms with Crippen LogP contribution >= 0.6 is 15.6 Å². The average molecular weight is 690 g/mol. The van der Waals surface area contributed by atoms with Gasteiger partial charge in [0.2, 0.25) is 0 Å². The van der Waals surface area contributed by atoms with Crippen LogP contribution in [0, 0.1) is 0 Å². The van der Waals surface area contributed by atoms with Crippen molar-refractivity contribution < 1.29 is 73.5 Å². The minimum atomic E-state index is -5.05. The van der Waals surface area contributed by atoms with Crippen molar-refractivity contribution in [2.45, 2.75) is 24.5 Å². The molecule has 0 saturated carbocycles. The molecule has 1 aliphatic heterocycles. The third-order valence-corrected chi connectivity index (χ3v) is 5.61. The lowest BCUT2D eigenvalue weighted by Gasteiger charge is -2.16. The number of nitrogens with two attached hydrogens (primary N) is 5. The van der Waals surface area contributed by atoms with Crippen molar-refractivity contribution in [3.8, 4) is 0 Å². The van der Waals surface area contributed by atoms with Crippen LogP contribution in [0.2, 0.25) is 0 Å². The number of rotatable bonds is 8. The molecule has 0 spiro atoms. The third kappa shape index (κ3) is 21.8. The van der Waals surface area contributed by atoms with Gasteiger partial charge >= 0.3 is 15.6 Å². The molecule has 1 fully saturated rings. The van der Waals surface area contributed by atoms with E-state index in [1.165, 1.54) is 17.2 Å². The number of aliphatic hydroxyl groups is 7. The first-order valence-corrected chi connectivity index (χ1v) is 15.2. The highest BCUT2D eigenvalue weighted by Crippen LogP contribution is 2.53. The molecule has 3 rings (SSSR count). The fraction of sp³-hybridized carbons (Fsp3) is 0.722. The van der Waals surface area contributed by atoms with E-state index in [9.17, 15) is 19.3 Å². The highest BCUT2D eigenvalue weighted by atomic mass is 31.3. The van der Waals surface area contributed by atoms with Crippen LogP contribution in [0.25, 0.3) is 11.2 Å². The number of aliphatic hydroxyl groups excluding tert-OH is 7. The first-order chi connectivity index (χ1) is 20.5. The zero-order chi connectivity index (χ0) is 34.9. The molecule has 2 aromatic heterocycles. The van der Waals surface area contributed by atoms with E-state index >= 15 is 0 Å². The van der Waals surface area contributed by atoms with Crippen molar-refractivity contribution in [1.82, 2.24) is 19.5 Å². The first-order valence-electron chi connectivity index (χ1n) is 12.1. The average Bonchev–Trinajstić information content (AvgIpc) is 3.53. The lowest BCUT2D eigenvalue weighted by atomic mass is 10.1. The summed E-state index contributed by atoms with van der Waals surface area (Å²) in [5, 5.41) is 59.7. The fourth-order valence-electron chi connectivity index (χ4n) is 2.30. The summed E-state index contributed by atoms with van der Waals surface area (Å²) in [6.45, 7) is 1.50. The fourth-order valence-corrected chi connectivity index (χ4v) is 3.41. The first kappa shape index (κ1) is 46.5. The highest BCUT2D eigenvalue weighted by molar-refractivity contribution is 7.60. The number of nitrogens with zero attached hydrogens (tertiary/aromatic N) is 4. The van der Waals surface area contributed by atoms with E-state index in [1.807, 2.05) is 0 Å². The molecule has 4 atom stereocenters. The van der Waals surface area contributed by atoms with E-state index in [0.717, 1.165) is 0 Å². The molecule has 0 amide bonds. The SMILES string of the molecule is NCCO.NCCO.NCCO.NCCO.Nc1ncnc2c1ncn2[C@@H]1O[C@H](CO)[C@@H](O)[C@H]1O.O=P(O)(O)OP(=O)(O)O. The topological polar surface area (TPSA) is 449 Å². The maximum atomic E-state index is 9.95. The largest absolute Gasteiger partial charge is 0.478 e.